The highest BCUT2D eigenvalue weighted by Gasteiger charge is 2.41. The minimum Gasteiger partial charge on any atom is -0.466 e. The van der Waals surface area contributed by atoms with Crippen molar-refractivity contribution in [2.75, 3.05) is 72.5 Å². The van der Waals surface area contributed by atoms with E-state index in [-0.39, 0.29) is 82.4 Å². The number of nitrogens with one attached hydrogen (secondary N) is 3. The summed E-state index contributed by atoms with van der Waals surface area (Å²) < 4.78 is 37.5. The first-order chi connectivity index (χ1) is 31.5. The van der Waals surface area contributed by atoms with Gasteiger partial charge in [-0.1, -0.05) is 0 Å². The average molecular weight is 1000 g/mol. The molecule has 0 fully saturated rings. The van der Waals surface area contributed by atoms with Crippen molar-refractivity contribution in [2.24, 2.45) is 43.3 Å². The van der Waals surface area contributed by atoms with Crippen LogP contribution < -0.4 is 16.0 Å². The van der Waals surface area contributed by atoms with Gasteiger partial charge in [0.1, 0.15) is 45.1 Å². The van der Waals surface area contributed by atoms with Gasteiger partial charge in [-0.05, 0) is 152 Å². The zero-order valence-electron chi connectivity index (χ0n) is 47.0. The first-order valence-electron chi connectivity index (χ1n) is 23.9. The van der Waals surface area contributed by atoms with Crippen LogP contribution >= 0.6 is 0 Å². The second-order valence-corrected chi connectivity index (χ2v) is 23.6. The minimum atomic E-state index is -1.27. The Balaban J connectivity index is -0.00000118. The normalized spacial score (nSPS) is 12.3. The van der Waals surface area contributed by atoms with Crippen LogP contribution in [0.1, 0.15) is 159 Å². The molecule has 0 aromatic heterocycles. The summed E-state index contributed by atoms with van der Waals surface area (Å²) in [5.74, 6) is -3.43. The number of carbonyl (C=O) groups is 9. The third-order valence-electron chi connectivity index (χ3n) is 9.10. The van der Waals surface area contributed by atoms with Crippen LogP contribution in [0.25, 0.3) is 0 Å². The van der Waals surface area contributed by atoms with Gasteiger partial charge >= 0.3 is 35.8 Å². The lowest BCUT2D eigenvalue weighted by molar-refractivity contribution is -0.178. The van der Waals surface area contributed by atoms with Crippen LogP contribution in [0.15, 0.2) is 0 Å². The van der Waals surface area contributed by atoms with E-state index < -0.39 is 73.7 Å². The standard InChI is InChI=1S/C27H48N2O9.C17H31NO5.C7H14O2/c1-11-28-19(30)12-13-29-20(31)14-35-15-27(16-36-21(32)24(2,3)4,17-37-22(33)25(5,6)7)18-38-23(34)26(8,9)10;1-9-18-12(19)17(8,10-22-13(20)15(2,3)4)11-23-14(21)16(5,6)7;1-5-9-6(8)7(2,3)4/h11-18H2,1-10H3,(H,28,30)(H,29,31);9-11H2,1-8H3,(H,18,19);5H2,1-4H3. The molecule has 0 aliphatic heterocycles. The SMILES string of the molecule is CCNC(=O)C(C)(COC(=O)C(C)(C)C)COC(=O)C(C)(C)C.CCNC(=O)CCNC(=O)COCC(COC(=O)C(C)(C)C)(COC(=O)C(C)(C)C)COC(=O)C(C)(C)C.CCOC(=O)C(C)(C)C. The molecule has 0 bridgehead atoms. The Bertz CT molecular complexity index is 1590. The third kappa shape index (κ3) is 30.7. The Morgan fingerprint density at radius 3 is 0.929 bits per heavy atom. The summed E-state index contributed by atoms with van der Waals surface area (Å²) in [6, 6.07) is 0. The molecular formula is C51H93N3O16. The number of amides is 3. The molecule has 0 aromatic rings. The van der Waals surface area contributed by atoms with E-state index in [1.54, 1.807) is 125 Å². The molecule has 0 unspecified atom stereocenters. The summed E-state index contributed by atoms with van der Waals surface area (Å²) in [5, 5.41) is 7.91. The molecule has 408 valence electrons. The Labute approximate surface area is 419 Å². The lowest BCUT2D eigenvalue weighted by Crippen LogP contribution is -2.47. The Morgan fingerprint density at radius 2 is 0.657 bits per heavy atom. The zero-order valence-corrected chi connectivity index (χ0v) is 47.0. The highest BCUT2D eigenvalue weighted by Crippen LogP contribution is 2.28. The van der Waals surface area contributed by atoms with Crippen LogP contribution in [-0.4, -0.2) is 126 Å². The molecule has 3 amide bonds. The summed E-state index contributed by atoms with van der Waals surface area (Å²) in [6.45, 7) is 38.0. The summed E-state index contributed by atoms with van der Waals surface area (Å²) in [4.78, 5) is 108. The lowest BCUT2D eigenvalue weighted by atomic mass is 9.90. The van der Waals surface area contributed by atoms with Gasteiger partial charge < -0.3 is 49.1 Å². The summed E-state index contributed by atoms with van der Waals surface area (Å²) in [5.41, 5.74) is -6.49. The summed E-state index contributed by atoms with van der Waals surface area (Å²) in [7, 11) is 0. The van der Waals surface area contributed by atoms with Crippen LogP contribution in [0.4, 0.5) is 0 Å². The maximum Gasteiger partial charge on any atom is 0.311 e. The molecule has 19 heteroatoms. The zero-order chi connectivity index (χ0) is 55.8. The van der Waals surface area contributed by atoms with Crippen LogP contribution in [-0.2, 0) is 76.3 Å². The molecular weight excluding hydrogens is 911 g/mol. The molecule has 0 atom stereocenters. The molecule has 70 heavy (non-hydrogen) atoms. The second-order valence-electron chi connectivity index (χ2n) is 23.6. The molecule has 0 saturated heterocycles. The predicted molar refractivity (Wildman–Crippen MR) is 265 cm³/mol. The molecule has 0 spiro atoms. The van der Waals surface area contributed by atoms with Gasteiger partial charge in [0.2, 0.25) is 17.7 Å². The smallest absolute Gasteiger partial charge is 0.311 e. The van der Waals surface area contributed by atoms with E-state index in [1.165, 1.54) is 0 Å². The fraction of sp³-hybridized carbons (Fsp3) is 0.824. The average Bonchev–Trinajstić information content (AvgIpc) is 3.20. The Morgan fingerprint density at radius 1 is 0.357 bits per heavy atom. The van der Waals surface area contributed by atoms with Gasteiger partial charge in [-0.25, -0.2) is 0 Å². The molecule has 0 aliphatic rings. The highest BCUT2D eigenvalue weighted by atomic mass is 16.6. The van der Waals surface area contributed by atoms with Crippen molar-refractivity contribution in [3.05, 3.63) is 0 Å². The predicted octanol–water partition coefficient (Wildman–Crippen LogP) is 6.30. The highest BCUT2D eigenvalue weighted by molar-refractivity contribution is 5.84. The van der Waals surface area contributed by atoms with Crippen LogP contribution in [0.5, 0.6) is 0 Å². The lowest BCUT2D eigenvalue weighted by Gasteiger charge is -2.34. The Hall–Kier alpha value is -4.81. The van der Waals surface area contributed by atoms with E-state index in [1.807, 2.05) is 27.7 Å². The monoisotopic (exact) mass is 1000 g/mol. The van der Waals surface area contributed by atoms with E-state index in [0.29, 0.717) is 19.7 Å². The number of carbonyl (C=O) groups excluding carboxylic acids is 9. The minimum absolute atomic E-state index is 0.123. The maximum atomic E-state index is 12.5. The van der Waals surface area contributed by atoms with Crippen LogP contribution in [0, 0.1) is 43.3 Å². The van der Waals surface area contributed by atoms with E-state index >= 15 is 0 Å². The Kier molecular flexibility index (Phi) is 29.9. The fourth-order valence-electron chi connectivity index (χ4n) is 4.34. The molecule has 0 radical (unpaired) electrons. The molecule has 0 rings (SSSR count). The summed E-state index contributed by atoms with van der Waals surface area (Å²) in [6.07, 6.45) is 0.123. The first-order valence-corrected chi connectivity index (χ1v) is 23.9. The van der Waals surface area contributed by atoms with Crippen molar-refractivity contribution in [1.82, 2.24) is 16.0 Å². The van der Waals surface area contributed by atoms with Gasteiger partial charge in [-0.2, -0.15) is 0 Å². The van der Waals surface area contributed by atoms with Crippen LogP contribution in [0.3, 0.4) is 0 Å². The van der Waals surface area contributed by atoms with Crippen molar-refractivity contribution in [3.8, 4) is 0 Å². The van der Waals surface area contributed by atoms with Crippen molar-refractivity contribution in [1.29, 1.82) is 0 Å². The summed E-state index contributed by atoms with van der Waals surface area (Å²) >= 11 is 0. The largest absolute Gasteiger partial charge is 0.466 e. The maximum absolute atomic E-state index is 12.5. The number of esters is 6. The van der Waals surface area contributed by atoms with Gasteiger partial charge in [0.15, 0.2) is 0 Å². The second kappa shape index (κ2) is 30.2. The third-order valence-corrected chi connectivity index (χ3v) is 9.10. The number of hydrogen-bond acceptors (Lipinski definition) is 16. The van der Waals surface area contributed by atoms with E-state index in [2.05, 4.69) is 16.0 Å². The van der Waals surface area contributed by atoms with Crippen molar-refractivity contribution in [3.63, 3.8) is 0 Å². The fourth-order valence-corrected chi connectivity index (χ4v) is 4.34. The first kappa shape index (κ1) is 69.5. The molecule has 19 nitrogen and oxygen atoms in total. The van der Waals surface area contributed by atoms with Crippen molar-refractivity contribution in [2.45, 2.75) is 159 Å². The molecule has 0 heterocycles. The van der Waals surface area contributed by atoms with Crippen LogP contribution in [0.2, 0.25) is 0 Å². The van der Waals surface area contributed by atoms with E-state index in [9.17, 15) is 43.2 Å². The van der Waals surface area contributed by atoms with Gasteiger partial charge in [-0.3, -0.25) is 43.2 Å². The topological polar surface area (TPSA) is 254 Å². The molecule has 0 saturated carbocycles. The number of ether oxygens (including phenoxy) is 7. The van der Waals surface area contributed by atoms with Crippen molar-refractivity contribution < 1.29 is 76.3 Å². The van der Waals surface area contributed by atoms with Gasteiger partial charge in [0.05, 0.1) is 51.1 Å². The quantitative estimate of drug-likeness (QED) is 0.0842. The molecule has 0 aromatic carbocycles. The number of hydrogen-bond donors (Lipinski definition) is 3. The van der Waals surface area contributed by atoms with Gasteiger partial charge in [0.25, 0.3) is 0 Å². The van der Waals surface area contributed by atoms with Gasteiger partial charge in [0, 0.05) is 26.1 Å². The van der Waals surface area contributed by atoms with Gasteiger partial charge in [-0.15, -0.1) is 0 Å². The molecule has 3 N–H and O–H groups in total. The molecule has 0 aliphatic carbocycles. The van der Waals surface area contributed by atoms with Crippen molar-refractivity contribution >= 4 is 53.5 Å². The number of rotatable bonds is 21. The van der Waals surface area contributed by atoms with E-state index in [4.69, 9.17) is 33.2 Å². The van der Waals surface area contributed by atoms with E-state index in [0.717, 1.165) is 0 Å².